The fraction of sp³-hybridized carbons (Fsp3) is 0.636. The monoisotopic (exact) mass is 239 g/mol. The average molecular weight is 239 g/mol. The minimum absolute atomic E-state index is 0.263. The zero-order chi connectivity index (χ0) is 12.7. The van der Waals surface area contributed by atoms with E-state index < -0.39 is 7.12 Å². The third kappa shape index (κ3) is 2.26. The number of hydrogen-bond acceptors (Lipinski definition) is 5. The van der Waals surface area contributed by atoms with Crippen LogP contribution in [0.25, 0.3) is 0 Å². The van der Waals surface area contributed by atoms with Gasteiger partial charge in [-0.05, 0) is 39.8 Å². The minimum atomic E-state index is -0.493. The van der Waals surface area contributed by atoms with E-state index in [2.05, 4.69) is 0 Å². The highest BCUT2D eigenvalue weighted by Crippen LogP contribution is 2.36. The lowest BCUT2D eigenvalue weighted by Gasteiger charge is -2.32. The molecular weight excluding hydrogens is 221 g/mol. The Morgan fingerprint density at radius 2 is 1.76 bits per heavy atom. The molecule has 2 heterocycles. The summed E-state index contributed by atoms with van der Waals surface area (Å²) < 4.78 is 17.2. The van der Waals surface area contributed by atoms with Gasteiger partial charge in [-0.3, -0.25) is 0 Å². The standard InChI is InChI=1S/C11H18BNO4/c1-10(2)11(3,4)17-12(16-10)9-6-5-8(15-9)7-13-14/h5-6,13-14H,7H2,1-4H3. The van der Waals surface area contributed by atoms with Gasteiger partial charge in [-0.15, -0.1) is 0 Å². The van der Waals surface area contributed by atoms with Crippen molar-refractivity contribution in [2.75, 3.05) is 0 Å². The Morgan fingerprint density at radius 1 is 1.18 bits per heavy atom. The molecule has 0 aromatic carbocycles. The molecule has 5 nitrogen and oxygen atoms in total. The zero-order valence-corrected chi connectivity index (χ0v) is 10.6. The summed E-state index contributed by atoms with van der Waals surface area (Å²) in [5.41, 5.74) is 1.91. The second-order valence-corrected chi connectivity index (χ2v) is 5.23. The van der Waals surface area contributed by atoms with Crippen molar-refractivity contribution in [1.29, 1.82) is 0 Å². The molecule has 6 heteroatoms. The molecule has 1 aliphatic rings. The number of hydroxylamine groups is 1. The van der Waals surface area contributed by atoms with Gasteiger partial charge in [-0.25, -0.2) is 0 Å². The molecule has 0 atom stereocenters. The summed E-state index contributed by atoms with van der Waals surface area (Å²) in [6.07, 6.45) is 0. The summed E-state index contributed by atoms with van der Waals surface area (Å²) in [7, 11) is -0.493. The molecule has 0 saturated carbocycles. The minimum Gasteiger partial charge on any atom is -0.468 e. The summed E-state index contributed by atoms with van der Waals surface area (Å²) >= 11 is 0. The number of furan rings is 1. The molecule has 1 aliphatic heterocycles. The first-order chi connectivity index (χ1) is 7.86. The quantitative estimate of drug-likeness (QED) is 0.609. The van der Waals surface area contributed by atoms with Crippen molar-refractivity contribution in [3.63, 3.8) is 0 Å². The van der Waals surface area contributed by atoms with Gasteiger partial charge in [-0.1, -0.05) is 0 Å². The first-order valence-corrected chi connectivity index (χ1v) is 5.67. The van der Waals surface area contributed by atoms with Crippen molar-refractivity contribution in [3.05, 3.63) is 17.9 Å². The summed E-state index contributed by atoms with van der Waals surface area (Å²) in [4.78, 5) is 0. The van der Waals surface area contributed by atoms with E-state index in [9.17, 15) is 0 Å². The molecule has 94 valence electrons. The zero-order valence-electron chi connectivity index (χ0n) is 10.6. The molecular formula is C11H18BNO4. The normalized spacial score (nSPS) is 22.1. The van der Waals surface area contributed by atoms with Gasteiger partial charge in [0.25, 0.3) is 0 Å². The maximum Gasteiger partial charge on any atom is 0.532 e. The average Bonchev–Trinajstić information content (AvgIpc) is 2.71. The molecule has 1 aromatic rings. The molecule has 0 unspecified atom stereocenters. The second kappa shape index (κ2) is 4.13. The van der Waals surface area contributed by atoms with Gasteiger partial charge in [0.2, 0.25) is 0 Å². The summed E-state index contributed by atoms with van der Waals surface area (Å²) in [6.45, 7) is 8.23. The van der Waals surface area contributed by atoms with Crippen molar-refractivity contribution in [2.45, 2.75) is 45.4 Å². The van der Waals surface area contributed by atoms with E-state index in [0.29, 0.717) is 11.4 Å². The Morgan fingerprint density at radius 3 is 2.29 bits per heavy atom. The SMILES string of the molecule is CC1(C)OB(c2ccc(CNO)o2)OC1(C)C. The molecule has 0 spiro atoms. The van der Waals surface area contributed by atoms with Crippen LogP contribution in [-0.4, -0.2) is 23.5 Å². The molecule has 0 aliphatic carbocycles. The lowest BCUT2D eigenvalue weighted by Crippen LogP contribution is -2.41. The van der Waals surface area contributed by atoms with Crippen LogP contribution in [0.3, 0.4) is 0 Å². The van der Waals surface area contributed by atoms with E-state index in [1.165, 1.54) is 0 Å². The van der Waals surface area contributed by atoms with E-state index >= 15 is 0 Å². The molecule has 1 aromatic heterocycles. The Bertz CT molecular complexity index is 386. The topological polar surface area (TPSA) is 63.9 Å². The molecule has 1 saturated heterocycles. The molecule has 2 rings (SSSR count). The smallest absolute Gasteiger partial charge is 0.468 e. The van der Waals surface area contributed by atoms with Crippen LogP contribution >= 0.6 is 0 Å². The largest absolute Gasteiger partial charge is 0.532 e. The number of nitrogens with one attached hydrogen (secondary N) is 1. The summed E-state index contributed by atoms with van der Waals surface area (Å²) in [5.74, 6) is 0.636. The van der Waals surface area contributed by atoms with E-state index in [1.54, 1.807) is 12.1 Å². The van der Waals surface area contributed by atoms with Gasteiger partial charge in [0.05, 0.1) is 17.7 Å². The Hall–Kier alpha value is -0.815. The Labute approximate surface area is 101 Å². The fourth-order valence-corrected chi connectivity index (χ4v) is 1.65. The van der Waals surface area contributed by atoms with Crippen molar-refractivity contribution >= 4 is 12.8 Å². The van der Waals surface area contributed by atoms with Crippen LogP contribution in [0, 0.1) is 0 Å². The Balaban J connectivity index is 2.14. The molecule has 17 heavy (non-hydrogen) atoms. The maximum absolute atomic E-state index is 8.59. The molecule has 1 fully saturated rings. The van der Waals surface area contributed by atoms with Gasteiger partial charge in [0, 0.05) is 0 Å². The van der Waals surface area contributed by atoms with Crippen molar-refractivity contribution in [3.8, 4) is 0 Å². The number of rotatable bonds is 3. The summed E-state index contributed by atoms with van der Waals surface area (Å²) in [5, 5.41) is 8.59. The maximum atomic E-state index is 8.59. The van der Waals surface area contributed by atoms with Crippen molar-refractivity contribution in [1.82, 2.24) is 5.48 Å². The first kappa shape index (κ1) is 12.6. The Kier molecular flexibility index (Phi) is 3.07. The van der Waals surface area contributed by atoms with E-state index in [1.807, 2.05) is 33.2 Å². The highest BCUT2D eigenvalue weighted by Gasteiger charge is 2.53. The predicted octanol–water partition coefficient (Wildman–Crippen LogP) is 1.06. The fourth-order valence-electron chi connectivity index (χ4n) is 1.65. The van der Waals surface area contributed by atoms with Crippen LogP contribution in [-0.2, 0) is 15.9 Å². The van der Waals surface area contributed by atoms with E-state index in [-0.39, 0.29) is 17.7 Å². The lowest BCUT2D eigenvalue weighted by atomic mass is 9.86. The van der Waals surface area contributed by atoms with Gasteiger partial charge in [0.1, 0.15) is 11.4 Å². The van der Waals surface area contributed by atoms with Crippen LogP contribution < -0.4 is 11.1 Å². The highest BCUT2D eigenvalue weighted by molar-refractivity contribution is 6.60. The van der Waals surface area contributed by atoms with Crippen molar-refractivity contribution in [2.24, 2.45) is 0 Å². The molecule has 0 bridgehead atoms. The van der Waals surface area contributed by atoms with Crippen LogP contribution in [0.1, 0.15) is 33.5 Å². The van der Waals surface area contributed by atoms with E-state index in [4.69, 9.17) is 18.9 Å². The molecule has 2 N–H and O–H groups in total. The van der Waals surface area contributed by atoms with Gasteiger partial charge in [0.15, 0.2) is 0 Å². The first-order valence-electron chi connectivity index (χ1n) is 5.67. The molecule has 0 radical (unpaired) electrons. The third-order valence-corrected chi connectivity index (χ3v) is 3.42. The van der Waals surface area contributed by atoms with Gasteiger partial charge in [-0.2, -0.15) is 5.48 Å². The second-order valence-electron chi connectivity index (χ2n) is 5.23. The van der Waals surface area contributed by atoms with Crippen molar-refractivity contribution < 1.29 is 18.9 Å². The molecule has 0 amide bonds. The lowest BCUT2D eigenvalue weighted by molar-refractivity contribution is 0.00578. The van der Waals surface area contributed by atoms with Crippen LogP contribution in [0.2, 0.25) is 0 Å². The highest BCUT2D eigenvalue weighted by atomic mass is 16.7. The summed E-state index contributed by atoms with van der Waals surface area (Å²) in [6, 6.07) is 3.58. The van der Waals surface area contributed by atoms with Gasteiger partial charge < -0.3 is 18.9 Å². The number of hydrogen-bond donors (Lipinski definition) is 2. The predicted molar refractivity (Wildman–Crippen MR) is 63.1 cm³/mol. The van der Waals surface area contributed by atoms with Gasteiger partial charge >= 0.3 is 7.12 Å². The third-order valence-electron chi connectivity index (χ3n) is 3.42. The van der Waals surface area contributed by atoms with Crippen LogP contribution in [0.5, 0.6) is 0 Å². The van der Waals surface area contributed by atoms with Crippen LogP contribution in [0.15, 0.2) is 16.5 Å². The van der Waals surface area contributed by atoms with Crippen LogP contribution in [0.4, 0.5) is 0 Å². The van der Waals surface area contributed by atoms with E-state index in [0.717, 1.165) is 0 Å².